The second-order valence-corrected chi connectivity index (χ2v) is 15.0. The zero-order chi connectivity index (χ0) is 42.3. The van der Waals surface area contributed by atoms with Crippen molar-refractivity contribution >= 4 is 46.3 Å². The van der Waals surface area contributed by atoms with E-state index in [1.165, 1.54) is 54.2 Å². The maximum atomic E-state index is 15.7. The molecule has 1 aliphatic heterocycles. The van der Waals surface area contributed by atoms with Gasteiger partial charge in [-0.3, -0.25) is 14.1 Å². The van der Waals surface area contributed by atoms with Crippen LogP contribution >= 0.6 is 11.8 Å². The van der Waals surface area contributed by atoms with Gasteiger partial charge in [-0.25, -0.2) is 31.8 Å². The SMILES string of the molecule is CC(OC(=O)CCC(=O)NCCOS(=O)(=O)O)OC(=O)OC(Cn1cncn1)(c1ccc(F)cc1F)C(C)SC1COC(C=CC=Cc2ccc(C#N)cc2F)OC1. The van der Waals surface area contributed by atoms with Crippen molar-refractivity contribution in [2.24, 2.45) is 0 Å². The topological polar surface area (TPSA) is 227 Å². The molecule has 22 heteroatoms. The Balaban J connectivity index is 1.41. The van der Waals surface area contributed by atoms with Crippen molar-refractivity contribution < 1.29 is 68.4 Å². The van der Waals surface area contributed by atoms with Gasteiger partial charge in [-0.15, -0.1) is 11.8 Å². The maximum Gasteiger partial charge on any atom is 0.512 e. The van der Waals surface area contributed by atoms with Gasteiger partial charge in [0.1, 0.15) is 30.1 Å². The fraction of sp³-hybridized carbons (Fsp3) is 0.389. The number of aromatic nitrogens is 3. The van der Waals surface area contributed by atoms with Crippen LogP contribution in [0.25, 0.3) is 6.08 Å². The van der Waals surface area contributed by atoms with Crippen molar-refractivity contribution in [1.29, 1.82) is 5.26 Å². The maximum absolute atomic E-state index is 15.7. The van der Waals surface area contributed by atoms with E-state index in [1.807, 2.05) is 6.07 Å². The molecule has 0 saturated carbocycles. The quantitative estimate of drug-likeness (QED) is 0.0562. The molecule has 58 heavy (non-hydrogen) atoms. The molecule has 1 aromatic heterocycles. The third-order valence-corrected chi connectivity index (χ3v) is 9.93. The van der Waals surface area contributed by atoms with Crippen LogP contribution in [-0.2, 0) is 60.0 Å². The normalized spacial score (nSPS) is 17.9. The summed E-state index contributed by atoms with van der Waals surface area (Å²) in [4.78, 5) is 41.6. The monoisotopic (exact) mass is 853 g/mol. The molecular formula is C36H38F3N5O12S2. The van der Waals surface area contributed by atoms with E-state index < -0.39 is 94.0 Å². The number of nitrogens with zero attached hydrogens (tertiary/aromatic N) is 4. The number of benzene rings is 2. The highest BCUT2D eigenvalue weighted by atomic mass is 32.3. The highest BCUT2D eigenvalue weighted by Crippen LogP contribution is 2.42. The van der Waals surface area contributed by atoms with Gasteiger partial charge in [0, 0.05) is 42.3 Å². The number of rotatable bonds is 19. The minimum atomic E-state index is -4.69. The lowest BCUT2D eigenvalue weighted by atomic mass is 9.89. The summed E-state index contributed by atoms with van der Waals surface area (Å²) in [5.41, 5.74) is -1.75. The number of nitriles is 1. The van der Waals surface area contributed by atoms with Gasteiger partial charge in [0.15, 0.2) is 11.9 Å². The van der Waals surface area contributed by atoms with Crippen molar-refractivity contribution in [3.05, 3.63) is 101 Å². The van der Waals surface area contributed by atoms with E-state index in [0.29, 0.717) is 6.07 Å². The minimum absolute atomic E-state index is 0.122. The van der Waals surface area contributed by atoms with E-state index in [0.717, 1.165) is 18.2 Å². The fourth-order valence-electron chi connectivity index (χ4n) is 5.34. The van der Waals surface area contributed by atoms with Crippen LogP contribution in [0.3, 0.4) is 0 Å². The molecule has 2 N–H and O–H groups in total. The van der Waals surface area contributed by atoms with Crippen LogP contribution in [0.2, 0.25) is 0 Å². The third-order valence-electron chi connectivity index (χ3n) is 8.02. The standard InChI is InChI=1S/C36H38F3N5O12S2/c1-23(57-28-18-51-34(52-19-28)6-4-3-5-26-8-7-25(17-40)15-30(26)38)36(20-44-22-41-21-43-44,29-10-9-27(37)16-31(29)39)56-35(47)55-24(2)54-33(46)12-11-32(45)42-13-14-53-58(48,49)50/h3-10,15-16,21-24,28,34H,11-14,18-20H2,1-2H3,(H,42,45)(H,48,49,50). The molecule has 3 atom stereocenters. The zero-order valence-corrected chi connectivity index (χ0v) is 32.5. The van der Waals surface area contributed by atoms with Gasteiger partial charge >= 0.3 is 22.5 Å². The summed E-state index contributed by atoms with van der Waals surface area (Å²) in [5.74, 6) is -4.15. The summed E-state index contributed by atoms with van der Waals surface area (Å²) < 4.78 is 107. The van der Waals surface area contributed by atoms with E-state index >= 15 is 4.39 Å². The Morgan fingerprint density at radius 2 is 1.86 bits per heavy atom. The first-order valence-corrected chi connectivity index (χ1v) is 19.6. The van der Waals surface area contributed by atoms with Gasteiger partial charge in [-0.05, 0) is 37.3 Å². The summed E-state index contributed by atoms with van der Waals surface area (Å²) in [6.07, 6.45) is 4.15. The van der Waals surface area contributed by atoms with Crippen molar-refractivity contribution in [2.75, 3.05) is 26.4 Å². The number of ether oxygens (including phenoxy) is 5. The van der Waals surface area contributed by atoms with Crippen molar-refractivity contribution in [3.63, 3.8) is 0 Å². The van der Waals surface area contributed by atoms with E-state index in [1.54, 1.807) is 25.2 Å². The molecule has 2 heterocycles. The number of hydrogen-bond acceptors (Lipinski definition) is 15. The smallest absolute Gasteiger partial charge is 0.425 e. The van der Waals surface area contributed by atoms with Gasteiger partial charge in [-0.1, -0.05) is 24.3 Å². The Labute approximate surface area is 335 Å². The van der Waals surface area contributed by atoms with Gasteiger partial charge in [0.05, 0.1) is 49.7 Å². The third kappa shape index (κ3) is 14.3. The van der Waals surface area contributed by atoms with E-state index in [-0.39, 0.29) is 43.0 Å². The largest absolute Gasteiger partial charge is 0.512 e. The van der Waals surface area contributed by atoms with Gasteiger partial charge < -0.3 is 29.0 Å². The highest BCUT2D eigenvalue weighted by molar-refractivity contribution is 8.00. The fourth-order valence-corrected chi connectivity index (χ4v) is 7.00. The number of carbonyl (C=O) groups is 3. The van der Waals surface area contributed by atoms with Gasteiger partial charge in [0.2, 0.25) is 12.2 Å². The van der Waals surface area contributed by atoms with Crippen molar-refractivity contribution in [3.8, 4) is 6.07 Å². The highest BCUT2D eigenvalue weighted by Gasteiger charge is 2.47. The van der Waals surface area contributed by atoms with E-state index in [9.17, 15) is 31.6 Å². The average Bonchev–Trinajstić information content (AvgIpc) is 3.67. The van der Waals surface area contributed by atoms with Crippen LogP contribution in [0, 0.1) is 28.8 Å². The number of amides is 1. The number of hydrogen-bond donors (Lipinski definition) is 2. The number of esters is 1. The van der Waals surface area contributed by atoms with E-state index in [4.69, 9.17) is 33.5 Å². The van der Waals surface area contributed by atoms with Crippen LogP contribution in [0.15, 0.2) is 67.3 Å². The molecule has 3 aromatic rings. The lowest BCUT2D eigenvalue weighted by Crippen LogP contribution is -2.47. The van der Waals surface area contributed by atoms with Crippen LogP contribution in [-0.4, -0.2) is 95.2 Å². The number of thioether (sulfide) groups is 1. The molecule has 1 fully saturated rings. The Morgan fingerprint density at radius 1 is 1.10 bits per heavy atom. The summed E-state index contributed by atoms with van der Waals surface area (Å²) in [7, 11) is -4.69. The number of halogens is 3. The van der Waals surface area contributed by atoms with Gasteiger partial charge in [-0.2, -0.15) is 18.8 Å². The number of allylic oxidation sites excluding steroid dienone is 2. The summed E-state index contributed by atoms with van der Waals surface area (Å²) in [6.45, 7) is 1.87. The first-order chi connectivity index (χ1) is 27.6. The van der Waals surface area contributed by atoms with Crippen LogP contribution in [0.4, 0.5) is 18.0 Å². The molecule has 3 unspecified atom stereocenters. The lowest BCUT2D eigenvalue weighted by Gasteiger charge is -2.40. The van der Waals surface area contributed by atoms with Gasteiger partial charge in [0.25, 0.3) is 0 Å². The Kier molecular flexibility index (Phi) is 16.8. The molecule has 1 amide bonds. The number of carbonyl (C=O) groups excluding carboxylic acids is 3. The first kappa shape index (κ1) is 45.4. The van der Waals surface area contributed by atoms with Crippen molar-refractivity contribution in [1.82, 2.24) is 20.1 Å². The summed E-state index contributed by atoms with van der Waals surface area (Å²) >= 11 is 1.20. The molecule has 0 radical (unpaired) electrons. The molecule has 4 rings (SSSR count). The molecular weight excluding hydrogens is 816 g/mol. The zero-order valence-electron chi connectivity index (χ0n) is 30.9. The molecule has 2 aromatic carbocycles. The second-order valence-electron chi connectivity index (χ2n) is 12.3. The molecule has 0 spiro atoms. The molecule has 0 bridgehead atoms. The minimum Gasteiger partial charge on any atom is -0.425 e. The van der Waals surface area contributed by atoms with E-state index in [2.05, 4.69) is 19.6 Å². The Bertz CT molecular complexity index is 2090. The second kappa shape index (κ2) is 21.4. The average molecular weight is 854 g/mol. The predicted octanol–water partition coefficient (Wildman–Crippen LogP) is 4.35. The molecule has 1 saturated heterocycles. The Morgan fingerprint density at radius 3 is 2.52 bits per heavy atom. The molecule has 0 aliphatic carbocycles. The van der Waals surface area contributed by atoms with Crippen LogP contribution in [0.5, 0.6) is 0 Å². The Hall–Kier alpha value is -5.31. The summed E-state index contributed by atoms with van der Waals surface area (Å²) in [5, 5.41) is 14.0. The molecule has 312 valence electrons. The van der Waals surface area contributed by atoms with Crippen LogP contribution in [0.1, 0.15) is 43.4 Å². The lowest BCUT2D eigenvalue weighted by molar-refractivity contribution is -0.172. The predicted molar refractivity (Wildman–Crippen MR) is 197 cm³/mol. The molecule has 17 nitrogen and oxygen atoms in total. The number of nitrogens with one attached hydrogen (secondary N) is 1. The first-order valence-electron chi connectivity index (χ1n) is 17.3. The van der Waals surface area contributed by atoms with Crippen molar-refractivity contribution in [2.45, 2.75) is 61.9 Å². The van der Waals surface area contributed by atoms with Crippen LogP contribution < -0.4 is 5.32 Å². The molecule has 1 aliphatic rings. The summed E-state index contributed by atoms with van der Waals surface area (Å²) in [6, 6.07) is 8.68.